The van der Waals surface area contributed by atoms with Crippen molar-refractivity contribution in [1.29, 1.82) is 0 Å². The number of nitrogens with one attached hydrogen (secondary N) is 1. The van der Waals surface area contributed by atoms with Gasteiger partial charge in [-0.15, -0.1) is 0 Å². The van der Waals surface area contributed by atoms with Gasteiger partial charge in [0.05, 0.1) is 11.3 Å². The van der Waals surface area contributed by atoms with Crippen LogP contribution >= 0.6 is 0 Å². The first kappa shape index (κ1) is 18.9. The number of hydrogen-bond acceptors (Lipinski definition) is 3. The van der Waals surface area contributed by atoms with Crippen LogP contribution in [0.1, 0.15) is 81.0 Å². The van der Waals surface area contributed by atoms with Crippen LogP contribution in [0.15, 0.2) is 36.7 Å². The molecule has 0 radical (unpaired) electrons. The molecule has 1 amide bonds. The van der Waals surface area contributed by atoms with Crippen LogP contribution in [-0.4, -0.2) is 39.9 Å². The van der Waals surface area contributed by atoms with Crippen molar-refractivity contribution in [2.45, 2.75) is 94.8 Å². The zero-order valence-corrected chi connectivity index (χ0v) is 18.1. The Balaban J connectivity index is 1.23. The van der Waals surface area contributed by atoms with Gasteiger partial charge in [0.15, 0.2) is 0 Å². The summed E-state index contributed by atoms with van der Waals surface area (Å²) in [7, 11) is 0. The molecule has 6 atom stereocenters. The molecule has 4 heteroatoms. The molecule has 1 aromatic rings. The van der Waals surface area contributed by atoms with Crippen LogP contribution in [0.5, 0.6) is 0 Å². The molecule has 2 unspecified atom stereocenters. The minimum atomic E-state index is 0.137. The smallest absolute Gasteiger partial charge is 0.261 e. The Morgan fingerprint density at radius 1 is 0.800 bits per heavy atom. The number of para-hydroxylation sites is 1. The Bertz CT molecular complexity index is 824. The van der Waals surface area contributed by atoms with Gasteiger partial charge in [0.2, 0.25) is 0 Å². The zero-order chi connectivity index (χ0) is 20.2. The number of piperidine rings is 2. The number of amides is 1. The molecule has 4 fully saturated rings. The van der Waals surface area contributed by atoms with E-state index in [4.69, 9.17) is 0 Å². The summed E-state index contributed by atoms with van der Waals surface area (Å²) in [6.45, 7) is 4.24. The van der Waals surface area contributed by atoms with E-state index < -0.39 is 0 Å². The standard InChI is InChI=1S/C26H35N3O/c1-17-27-25-11-3-2-10-24(25)26(30)28(17)23-15-20-8-5-9-21(16-23)29(20)22-13-18-6-4-7-19(12-18)14-22/h2-3,10-11,18-23,27H,1,4-9,12-16H2/t18-,19+,20-,21+,22?,23?. The van der Waals surface area contributed by atoms with Gasteiger partial charge in [0.25, 0.3) is 5.91 Å². The maximum atomic E-state index is 13.4. The quantitative estimate of drug-likeness (QED) is 0.717. The van der Waals surface area contributed by atoms with Crippen molar-refractivity contribution in [3.05, 3.63) is 42.2 Å². The highest BCUT2D eigenvalue weighted by atomic mass is 16.2. The van der Waals surface area contributed by atoms with Gasteiger partial charge >= 0.3 is 0 Å². The first-order valence-corrected chi connectivity index (χ1v) is 12.3. The lowest BCUT2D eigenvalue weighted by Gasteiger charge is -2.56. The van der Waals surface area contributed by atoms with Crippen LogP contribution in [0.3, 0.4) is 0 Å². The van der Waals surface area contributed by atoms with Crippen molar-refractivity contribution in [1.82, 2.24) is 9.80 Å². The molecule has 160 valence electrons. The van der Waals surface area contributed by atoms with Gasteiger partial charge < -0.3 is 5.32 Å². The van der Waals surface area contributed by atoms with E-state index >= 15 is 0 Å². The van der Waals surface area contributed by atoms with Gasteiger partial charge in [-0.2, -0.15) is 0 Å². The van der Waals surface area contributed by atoms with Crippen LogP contribution in [0.2, 0.25) is 0 Å². The fourth-order valence-corrected chi connectivity index (χ4v) is 7.77. The lowest BCUT2D eigenvalue weighted by atomic mass is 9.68. The molecular weight excluding hydrogens is 370 g/mol. The predicted octanol–water partition coefficient (Wildman–Crippen LogP) is 5.38. The molecular formula is C26H35N3O. The molecule has 4 nitrogen and oxygen atoms in total. The molecule has 1 N–H and O–H groups in total. The van der Waals surface area contributed by atoms with Crippen molar-refractivity contribution >= 4 is 11.6 Å². The van der Waals surface area contributed by atoms with Crippen molar-refractivity contribution in [2.24, 2.45) is 11.8 Å². The summed E-state index contributed by atoms with van der Waals surface area (Å²) in [5, 5.41) is 3.40. The number of carbonyl (C=O) groups excluding carboxylic acids is 1. The van der Waals surface area contributed by atoms with E-state index in [1.165, 1.54) is 57.8 Å². The maximum absolute atomic E-state index is 13.4. The Morgan fingerprint density at radius 3 is 2.20 bits per heavy atom. The largest absolute Gasteiger partial charge is 0.341 e. The molecule has 5 aliphatic rings. The van der Waals surface area contributed by atoms with E-state index in [-0.39, 0.29) is 11.9 Å². The van der Waals surface area contributed by atoms with Crippen molar-refractivity contribution in [3.63, 3.8) is 0 Å². The molecule has 0 spiro atoms. The van der Waals surface area contributed by atoms with E-state index in [2.05, 4.69) is 16.8 Å². The number of rotatable bonds is 2. The Hall–Kier alpha value is -1.81. The minimum absolute atomic E-state index is 0.137. The van der Waals surface area contributed by atoms with Crippen LogP contribution in [0, 0.1) is 11.8 Å². The van der Waals surface area contributed by atoms with E-state index in [0.29, 0.717) is 12.1 Å². The topological polar surface area (TPSA) is 35.6 Å². The Kier molecular flexibility index (Phi) is 4.67. The summed E-state index contributed by atoms with van der Waals surface area (Å²) in [4.78, 5) is 18.3. The molecule has 2 saturated carbocycles. The van der Waals surface area contributed by atoms with Gasteiger partial charge in [-0.3, -0.25) is 14.6 Å². The van der Waals surface area contributed by atoms with Gasteiger partial charge in [-0.25, -0.2) is 0 Å². The summed E-state index contributed by atoms with van der Waals surface area (Å²) in [6.07, 6.45) is 14.9. The third-order valence-corrected chi connectivity index (χ3v) is 8.84. The number of fused-ring (bicyclic) bond motifs is 5. The SMILES string of the molecule is C=C1Nc2ccccc2C(=O)N1C1C[C@H]2CCC[C@@H](C1)N2C1C[C@H]2CCC[C@@H](C1)C2. The van der Waals surface area contributed by atoms with Gasteiger partial charge in [-0.1, -0.05) is 44.4 Å². The summed E-state index contributed by atoms with van der Waals surface area (Å²) >= 11 is 0. The maximum Gasteiger partial charge on any atom is 0.261 e. The summed E-state index contributed by atoms with van der Waals surface area (Å²) in [5.41, 5.74) is 1.69. The highest BCUT2D eigenvalue weighted by Gasteiger charge is 2.47. The van der Waals surface area contributed by atoms with Gasteiger partial charge in [0.1, 0.15) is 5.82 Å². The molecule has 3 heterocycles. The van der Waals surface area contributed by atoms with Gasteiger partial charge in [0, 0.05) is 24.2 Å². The first-order chi connectivity index (χ1) is 14.7. The average Bonchev–Trinajstić information content (AvgIpc) is 2.73. The molecule has 3 aliphatic heterocycles. The van der Waals surface area contributed by atoms with Crippen LogP contribution < -0.4 is 5.32 Å². The monoisotopic (exact) mass is 405 g/mol. The second-order valence-electron chi connectivity index (χ2n) is 10.6. The van der Waals surface area contributed by atoms with Crippen molar-refractivity contribution in [2.75, 3.05) is 5.32 Å². The highest BCUT2D eigenvalue weighted by Crippen LogP contribution is 2.47. The van der Waals surface area contributed by atoms with E-state index in [1.807, 2.05) is 29.2 Å². The normalized spacial score (nSPS) is 38.7. The zero-order valence-electron chi connectivity index (χ0n) is 18.1. The van der Waals surface area contributed by atoms with Gasteiger partial charge in [-0.05, 0) is 68.9 Å². The highest BCUT2D eigenvalue weighted by molar-refractivity contribution is 6.03. The molecule has 2 saturated heterocycles. The van der Waals surface area contributed by atoms with E-state index in [0.717, 1.165) is 47.8 Å². The number of carbonyl (C=O) groups is 1. The molecule has 30 heavy (non-hydrogen) atoms. The number of hydrogen-bond donors (Lipinski definition) is 1. The molecule has 4 bridgehead atoms. The fourth-order valence-electron chi connectivity index (χ4n) is 7.77. The fraction of sp³-hybridized carbons (Fsp3) is 0.654. The summed E-state index contributed by atoms with van der Waals surface area (Å²) in [6, 6.07) is 10.2. The Morgan fingerprint density at radius 2 is 1.47 bits per heavy atom. The lowest BCUT2D eigenvalue weighted by molar-refractivity contribution is -0.0539. The van der Waals surface area contributed by atoms with Crippen molar-refractivity contribution < 1.29 is 4.79 Å². The van der Waals surface area contributed by atoms with Crippen LogP contribution in [0.4, 0.5) is 5.69 Å². The molecule has 6 rings (SSSR count). The predicted molar refractivity (Wildman–Crippen MR) is 120 cm³/mol. The second kappa shape index (κ2) is 7.40. The summed E-state index contributed by atoms with van der Waals surface area (Å²) in [5.74, 6) is 2.86. The number of benzene rings is 1. The molecule has 1 aromatic carbocycles. The molecule has 2 aliphatic carbocycles. The summed E-state index contributed by atoms with van der Waals surface area (Å²) < 4.78 is 0. The van der Waals surface area contributed by atoms with Crippen LogP contribution in [-0.2, 0) is 0 Å². The van der Waals surface area contributed by atoms with Crippen molar-refractivity contribution in [3.8, 4) is 0 Å². The third-order valence-electron chi connectivity index (χ3n) is 8.84. The van der Waals surface area contributed by atoms with E-state index in [9.17, 15) is 4.79 Å². The van der Waals surface area contributed by atoms with E-state index in [1.54, 1.807) is 0 Å². The number of anilines is 1. The third kappa shape index (κ3) is 3.10. The average molecular weight is 406 g/mol. The first-order valence-electron chi connectivity index (χ1n) is 12.3. The lowest BCUT2D eigenvalue weighted by Crippen LogP contribution is -2.62. The Labute approximate surface area is 180 Å². The molecule has 0 aromatic heterocycles. The number of nitrogens with zero attached hydrogens (tertiary/aromatic N) is 2. The minimum Gasteiger partial charge on any atom is -0.341 e. The van der Waals surface area contributed by atoms with Crippen LogP contribution in [0.25, 0.3) is 0 Å². The second-order valence-corrected chi connectivity index (χ2v) is 10.6.